The molecule has 0 spiro atoms. The number of para-hydroxylation sites is 1. The number of rotatable bonds is 4. The van der Waals surface area contributed by atoms with Crippen molar-refractivity contribution < 1.29 is 0 Å². The van der Waals surface area contributed by atoms with Gasteiger partial charge in [-0.15, -0.1) is 0 Å². The molecule has 5 heteroatoms. The highest BCUT2D eigenvalue weighted by Gasteiger charge is 2.15. The lowest BCUT2D eigenvalue weighted by atomic mass is 10.1. The van der Waals surface area contributed by atoms with Crippen LogP contribution in [0.2, 0.25) is 0 Å². The van der Waals surface area contributed by atoms with E-state index in [2.05, 4.69) is 21.8 Å². The van der Waals surface area contributed by atoms with Gasteiger partial charge in [0, 0.05) is 31.4 Å². The Morgan fingerprint density at radius 2 is 2.04 bits per heavy atom. The zero-order chi connectivity index (χ0) is 16.4. The standard InChI is InChI=1S/C18H20N4O/c1-13(16-8-9-19-12-20-16)21(2)11-15-10-14-6-4-5-7-17(14)22(3)18(15)23/h4-10,12-13H,11H2,1-3H3/t13-/m0/s1. The van der Waals surface area contributed by atoms with Crippen LogP contribution >= 0.6 is 0 Å². The molecule has 0 fully saturated rings. The molecule has 0 N–H and O–H groups in total. The highest BCUT2D eigenvalue weighted by molar-refractivity contribution is 5.79. The summed E-state index contributed by atoms with van der Waals surface area (Å²) < 4.78 is 1.72. The van der Waals surface area contributed by atoms with E-state index in [0.29, 0.717) is 6.54 Å². The van der Waals surface area contributed by atoms with Crippen molar-refractivity contribution >= 4 is 10.9 Å². The third-order valence-electron chi connectivity index (χ3n) is 4.32. The average molecular weight is 308 g/mol. The Hall–Kier alpha value is -2.53. The number of pyridine rings is 1. The van der Waals surface area contributed by atoms with E-state index in [4.69, 9.17) is 0 Å². The number of nitrogens with zero attached hydrogens (tertiary/aromatic N) is 4. The molecule has 0 saturated carbocycles. The zero-order valence-corrected chi connectivity index (χ0v) is 13.6. The molecule has 5 nitrogen and oxygen atoms in total. The molecule has 2 aromatic heterocycles. The Kier molecular flexibility index (Phi) is 4.21. The van der Waals surface area contributed by atoms with Crippen LogP contribution in [0.4, 0.5) is 0 Å². The van der Waals surface area contributed by atoms with E-state index < -0.39 is 0 Å². The molecule has 0 radical (unpaired) electrons. The van der Waals surface area contributed by atoms with Crippen molar-refractivity contribution in [3.05, 3.63) is 70.5 Å². The summed E-state index contributed by atoms with van der Waals surface area (Å²) in [4.78, 5) is 23.0. The van der Waals surface area contributed by atoms with Gasteiger partial charge in [0.1, 0.15) is 6.33 Å². The van der Waals surface area contributed by atoms with Crippen LogP contribution in [0.25, 0.3) is 10.9 Å². The van der Waals surface area contributed by atoms with Crippen molar-refractivity contribution in [2.45, 2.75) is 19.5 Å². The van der Waals surface area contributed by atoms with Crippen molar-refractivity contribution in [2.24, 2.45) is 7.05 Å². The van der Waals surface area contributed by atoms with Crippen molar-refractivity contribution in [3.8, 4) is 0 Å². The second kappa shape index (κ2) is 6.30. The quantitative estimate of drug-likeness (QED) is 0.743. The third-order valence-corrected chi connectivity index (χ3v) is 4.32. The number of aryl methyl sites for hydroxylation is 1. The first-order valence-electron chi connectivity index (χ1n) is 7.61. The van der Waals surface area contributed by atoms with Crippen molar-refractivity contribution in [2.75, 3.05) is 7.05 Å². The van der Waals surface area contributed by atoms with Gasteiger partial charge in [0.05, 0.1) is 11.2 Å². The van der Waals surface area contributed by atoms with Gasteiger partial charge in [0.25, 0.3) is 5.56 Å². The first-order valence-corrected chi connectivity index (χ1v) is 7.61. The summed E-state index contributed by atoms with van der Waals surface area (Å²) in [5, 5.41) is 1.08. The summed E-state index contributed by atoms with van der Waals surface area (Å²) in [5.41, 5.74) is 2.73. The first kappa shape index (κ1) is 15.4. The Morgan fingerprint density at radius 3 is 2.78 bits per heavy atom. The molecule has 118 valence electrons. The normalized spacial score (nSPS) is 12.7. The van der Waals surface area contributed by atoms with E-state index in [1.54, 1.807) is 17.1 Å². The largest absolute Gasteiger partial charge is 0.311 e. The molecule has 3 rings (SSSR count). The molecule has 23 heavy (non-hydrogen) atoms. The molecule has 0 aliphatic carbocycles. The summed E-state index contributed by atoms with van der Waals surface area (Å²) in [5.74, 6) is 0. The maximum atomic E-state index is 12.6. The topological polar surface area (TPSA) is 51.0 Å². The van der Waals surface area contributed by atoms with Crippen molar-refractivity contribution in [1.29, 1.82) is 0 Å². The Labute approximate surface area is 135 Å². The number of hydrogen-bond donors (Lipinski definition) is 0. The van der Waals surface area contributed by atoms with Gasteiger partial charge in [-0.25, -0.2) is 9.97 Å². The molecule has 0 aliphatic heterocycles. The average Bonchev–Trinajstić information content (AvgIpc) is 2.59. The van der Waals surface area contributed by atoms with E-state index in [0.717, 1.165) is 22.2 Å². The predicted octanol–water partition coefficient (Wildman–Crippen LogP) is 2.52. The summed E-state index contributed by atoms with van der Waals surface area (Å²) in [6, 6.07) is 11.9. The lowest BCUT2D eigenvalue weighted by Gasteiger charge is -2.24. The SMILES string of the molecule is C[C@@H](c1ccncn1)N(C)Cc1cc2ccccc2n(C)c1=O. The number of benzene rings is 1. The molecule has 2 heterocycles. The molecule has 0 saturated heterocycles. The fourth-order valence-corrected chi connectivity index (χ4v) is 2.78. The predicted molar refractivity (Wildman–Crippen MR) is 91.1 cm³/mol. The van der Waals surface area contributed by atoms with E-state index >= 15 is 0 Å². The van der Waals surface area contributed by atoms with Crippen molar-refractivity contribution in [3.63, 3.8) is 0 Å². The lowest BCUT2D eigenvalue weighted by molar-refractivity contribution is 0.247. The number of fused-ring (bicyclic) bond motifs is 1. The molecule has 0 aliphatic rings. The van der Waals surface area contributed by atoms with Gasteiger partial charge in [-0.3, -0.25) is 9.69 Å². The van der Waals surface area contributed by atoms with Gasteiger partial charge in [-0.1, -0.05) is 18.2 Å². The fourth-order valence-electron chi connectivity index (χ4n) is 2.78. The minimum Gasteiger partial charge on any atom is -0.311 e. The second-order valence-electron chi connectivity index (χ2n) is 5.82. The highest BCUT2D eigenvalue weighted by atomic mass is 16.1. The summed E-state index contributed by atoms with van der Waals surface area (Å²) in [7, 11) is 3.82. The lowest BCUT2D eigenvalue weighted by Crippen LogP contribution is -2.29. The summed E-state index contributed by atoms with van der Waals surface area (Å²) in [6.45, 7) is 2.65. The maximum Gasteiger partial charge on any atom is 0.255 e. The van der Waals surface area contributed by atoms with Crippen LogP contribution in [-0.2, 0) is 13.6 Å². The van der Waals surface area contributed by atoms with Gasteiger partial charge in [-0.2, -0.15) is 0 Å². The van der Waals surface area contributed by atoms with E-state index in [1.165, 1.54) is 0 Å². The monoisotopic (exact) mass is 308 g/mol. The van der Waals surface area contributed by atoms with E-state index in [9.17, 15) is 4.79 Å². The van der Waals surface area contributed by atoms with Gasteiger partial charge >= 0.3 is 0 Å². The molecule has 3 aromatic rings. The van der Waals surface area contributed by atoms with Crippen LogP contribution < -0.4 is 5.56 Å². The molecular formula is C18H20N4O. The van der Waals surface area contributed by atoms with Crippen LogP contribution in [0, 0.1) is 0 Å². The van der Waals surface area contributed by atoms with Gasteiger partial charge in [0.2, 0.25) is 0 Å². The van der Waals surface area contributed by atoms with Crippen LogP contribution in [0.5, 0.6) is 0 Å². The number of aromatic nitrogens is 3. The zero-order valence-electron chi connectivity index (χ0n) is 13.6. The Bertz CT molecular complexity index is 873. The van der Waals surface area contributed by atoms with Gasteiger partial charge in [0.15, 0.2) is 0 Å². The molecular weight excluding hydrogens is 288 g/mol. The fraction of sp³-hybridized carbons (Fsp3) is 0.278. The molecule has 0 bridgehead atoms. The summed E-state index contributed by atoms with van der Waals surface area (Å²) in [6.07, 6.45) is 3.29. The van der Waals surface area contributed by atoms with E-state index in [-0.39, 0.29) is 11.6 Å². The van der Waals surface area contributed by atoms with Crippen LogP contribution in [-0.4, -0.2) is 26.5 Å². The Morgan fingerprint density at radius 1 is 1.26 bits per heavy atom. The minimum absolute atomic E-state index is 0.0467. The minimum atomic E-state index is 0.0467. The Balaban J connectivity index is 1.92. The number of hydrogen-bond acceptors (Lipinski definition) is 4. The van der Waals surface area contributed by atoms with E-state index in [1.807, 2.05) is 50.5 Å². The molecule has 1 atom stereocenters. The molecule has 0 unspecified atom stereocenters. The second-order valence-corrected chi connectivity index (χ2v) is 5.82. The smallest absolute Gasteiger partial charge is 0.255 e. The third kappa shape index (κ3) is 3.00. The van der Waals surface area contributed by atoms with Gasteiger partial charge < -0.3 is 4.57 Å². The van der Waals surface area contributed by atoms with Crippen molar-refractivity contribution in [1.82, 2.24) is 19.4 Å². The first-order chi connectivity index (χ1) is 11.1. The maximum absolute atomic E-state index is 12.6. The summed E-state index contributed by atoms with van der Waals surface area (Å²) >= 11 is 0. The molecule has 0 amide bonds. The van der Waals surface area contributed by atoms with Gasteiger partial charge in [-0.05, 0) is 37.6 Å². The van der Waals surface area contributed by atoms with Crippen LogP contribution in [0.3, 0.4) is 0 Å². The van der Waals surface area contributed by atoms with Crippen LogP contribution in [0.15, 0.2) is 53.7 Å². The molecule has 1 aromatic carbocycles. The van der Waals surface area contributed by atoms with Crippen LogP contribution in [0.1, 0.15) is 24.2 Å². The highest BCUT2D eigenvalue weighted by Crippen LogP contribution is 2.19.